The zero-order chi connectivity index (χ0) is 15.5. The monoisotopic (exact) mass is 311 g/mol. The van der Waals surface area contributed by atoms with Crippen molar-refractivity contribution in [1.29, 1.82) is 0 Å². The standard InChI is InChI=1S/C16H25NO3S/c1-13(14-7-4-3-5-8-14)11-21(19,20)17-15-9-6-10-16(15,2)12-18/h3-5,7-8,13,15,17-18H,6,9-12H2,1-2H3. The van der Waals surface area contributed by atoms with E-state index in [1.807, 2.05) is 44.2 Å². The summed E-state index contributed by atoms with van der Waals surface area (Å²) in [4.78, 5) is 0. The normalized spacial score (nSPS) is 27.7. The van der Waals surface area contributed by atoms with E-state index >= 15 is 0 Å². The summed E-state index contributed by atoms with van der Waals surface area (Å²) in [6.45, 7) is 3.90. The molecule has 0 aliphatic heterocycles. The Hall–Kier alpha value is -0.910. The predicted molar refractivity (Wildman–Crippen MR) is 84.6 cm³/mol. The topological polar surface area (TPSA) is 66.4 Å². The van der Waals surface area contributed by atoms with E-state index in [0.717, 1.165) is 24.8 Å². The van der Waals surface area contributed by atoms with Gasteiger partial charge in [-0.1, -0.05) is 50.6 Å². The van der Waals surface area contributed by atoms with Gasteiger partial charge in [0.1, 0.15) is 0 Å². The number of aliphatic hydroxyl groups is 1. The molecule has 0 bridgehead atoms. The summed E-state index contributed by atoms with van der Waals surface area (Å²) in [6, 6.07) is 9.52. The van der Waals surface area contributed by atoms with Crippen LogP contribution in [0, 0.1) is 5.41 Å². The van der Waals surface area contributed by atoms with Crippen molar-refractivity contribution in [3.05, 3.63) is 35.9 Å². The first-order valence-electron chi connectivity index (χ1n) is 7.52. The summed E-state index contributed by atoms with van der Waals surface area (Å²) in [5.74, 6) is 0.0279. The van der Waals surface area contributed by atoms with Crippen LogP contribution in [0.4, 0.5) is 0 Å². The van der Waals surface area contributed by atoms with Crippen LogP contribution in [0.3, 0.4) is 0 Å². The van der Waals surface area contributed by atoms with E-state index < -0.39 is 10.0 Å². The lowest BCUT2D eigenvalue weighted by Crippen LogP contribution is -2.45. The van der Waals surface area contributed by atoms with Crippen molar-refractivity contribution in [3.8, 4) is 0 Å². The van der Waals surface area contributed by atoms with Crippen molar-refractivity contribution in [2.75, 3.05) is 12.4 Å². The second kappa shape index (κ2) is 6.46. The second-order valence-electron chi connectivity index (χ2n) is 6.47. The Morgan fingerprint density at radius 1 is 1.38 bits per heavy atom. The Balaban J connectivity index is 2.02. The second-order valence-corrected chi connectivity index (χ2v) is 8.27. The van der Waals surface area contributed by atoms with Gasteiger partial charge in [0.15, 0.2) is 0 Å². The van der Waals surface area contributed by atoms with Crippen molar-refractivity contribution in [2.45, 2.75) is 45.1 Å². The molecule has 1 aromatic carbocycles. The molecular formula is C16H25NO3S. The number of hydrogen-bond donors (Lipinski definition) is 2. The minimum atomic E-state index is -3.35. The van der Waals surface area contributed by atoms with Crippen LogP contribution in [0.2, 0.25) is 0 Å². The van der Waals surface area contributed by atoms with E-state index in [1.165, 1.54) is 0 Å². The van der Waals surface area contributed by atoms with Gasteiger partial charge in [-0.3, -0.25) is 0 Å². The smallest absolute Gasteiger partial charge is 0.212 e. The first kappa shape index (κ1) is 16.5. The van der Waals surface area contributed by atoms with Crippen LogP contribution in [0.1, 0.15) is 44.6 Å². The van der Waals surface area contributed by atoms with Gasteiger partial charge < -0.3 is 5.11 Å². The molecule has 0 saturated heterocycles. The van der Waals surface area contributed by atoms with Gasteiger partial charge >= 0.3 is 0 Å². The zero-order valence-corrected chi connectivity index (χ0v) is 13.6. The highest BCUT2D eigenvalue weighted by molar-refractivity contribution is 7.89. The van der Waals surface area contributed by atoms with Gasteiger partial charge in [0, 0.05) is 18.1 Å². The molecule has 2 rings (SSSR count). The van der Waals surface area contributed by atoms with Crippen molar-refractivity contribution in [2.24, 2.45) is 5.41 Å². The number of hydrogen-bond acceptors (Lipinski definition) is 3. The molecular weight excluding hydrogens is 286 g/mol. The molecule has 1 aromatic rings. The maximum atomic E-state index is 12.4. The molecule has 3 atom stereocenters. The highest BCUT2D eigenvalue weighted by atomic mass is 32.2. The Bertz CT molecular complexity index is 558. The maximum Gasteiger partial charge on any atom is 0.212 e. The van der Waals surface area contributed by atoms with Crippen LogP contribution in [-0.2, 0) is 10.0 Å². The molecule has 0 heterocycles. The van der Waals surface area contributed by atoms with Gasteiger partial charge in [0.25, 0.3) is 0 Å². The van der Waals surface area contributed by atoms with Gasteiger partial charge in [-0.2, -0.15) is 0 Å². The Morgan fingerprint density at radius 2 is 2.05 bits per heavy atom. The van der Waals surface area contributed by atoms with E-state index in [4.69, 9.17) is 0 Å². The molecule has 1 aliphatic carbocycles. The molecule has 0 aromatic heterocycles. The van der Waals surface area contributed by atoms with E-state index in [2.05, 4.69) is 4.72 Å². The number of benzene rings is 1. The van der Waals surface area contributed by atoms with Gasteiger partial charge in [-0.05, 0) is 24.3 Å². The Morgan fingerprint density at radius 3 is 2.67 bits per heavy atom. The first-order chi connectivity index (χ1) is 9.86. The molecule has 4 nitrogen and oxygen atoms in total. The molecule has 5 heteroatoms. The fraction of sp³-hybridized carbons (Fsp3) is 0.625. The average molecular weight is 311 g/mol. The van der Waals surface area contributed by atoms with Gasteiger partial charge in [0.05, 0.1) is 5.75 Å². The van der Waals surface area contributed by atoms with Gasteiger partial charge in [-0.15, -0.1) is 0 Å². The van der Waals surface area contributed by atoms with E-state index in [1.54, 1.807) is 0 Å². The first-order valence-corrected chi connectivity index (χ1v) is 9.17. The summed E-state index contributed by atoms with van der Waals surface area (Å²) in [5.41, 5.74) is 0.697. The molecule has 3 unspecified atom stereocenters. The highest BCUT2D eigenvalue weighted by Gasteiger charge is 2.40. The van der Waals surface area contributed by atoms with Crippen molar-refractivity contribution >= 4 is 10.0 Å². The third-order valence-electron chi connectivity index (χ3n) is 4.60. The minimum Gasteiger partial charge on any atom is -0.396 e. The number of aliphatic hydroxyl groups excluding tert-OH is 1. The summed E-state index contributed by atoms with van der Waals surface area (Å²) < 4.78 is 27.6. The average Bonchev–Trinajstić information content (AvgIpc) is 2.80. The van der Waals surface area contributed by atoms with Crippen LogP contribution in [0.15, 0.2) is 30.3 Å². The van der Waals surface area contributed by atoms with E-state index in [-0.39, 0.29) is 29.7 Å². The zero-order valence-electron chi connectivity index (χ0n) is 12.7. The molecule has 1 fully saturated rings. The number of nitrogens with one attached hydrogen (secondary N) is 1. The highest BCUT2D eigenvalue weighted by Crippen LogP contribution is 2.37. The predicted octanol–water partition coefficient (Wildman–Crippen LogP) is 2.26. The molecule has 118 valence electrons. The van der Waals surface area contributed by atoms with Gasteiger partial charge in [0.2, 0.25) is 10.0 Å². The lowest BCUT2D eigenvalue weighted by Gasteiger charge is -2.30. The van der Waals surface area contributed by atoms with Crippen LogP contribution in [0.5, 0.6) is 0 Å². The Kier molecular flexibility index (Phi) is 5.07. The summed E-state index contributed by atoms with van der Waals surface area (Å²) in [6.07, 6.45) is 2.62. The van der Waals surface area contributed by atoms with Gasteiger partial charge in [-0.25, -0.2) is 13.1 Å². The molecule has 2 N–H and O–H groups in total. The van der Waals surface area contributed by atoms with Crippen LogP contribution in [-0.4, -0.2) is 31.9 Å². The summed E-state index contributed by atoms with van der Waals surface area (Å²) in [7, 11) is -3.35. The fourth-order valence-electron chi connectivity index (χ4n) is 3.09. The molecule has 1 aliphatic rings. The summed E-state index contributed by atoms with van der Waals surface area (Å²) >= 11 is 0. The molecule has 0 spiro atoms. The van der Waals surface area contributed by atoms with Crippen LogP contribution < -0.4 is 4.72 Å². The Labute approximate surface area is 127 Å². The molecule has 1 saturated carbocycles. The maximum absolute atomic E-state index is 12.4. The molecule has 21 heavy (non-hydrogen) atoms. The lowest BCUT2D eigenvalue weighted by molar-refractivity contribution is 0.127. The molecule has 0 radical (unpaired) electrons. The lowest BCUT2D eigenvalue weighted by atomic mass is 9.86. The third-order valence-corrected chi connectivity index (χ3v) is 6.19. The van der Waals surface area contributed by atoms with Crippen molar-refractivity contribution < 1.29 is 13.5 Å². The number of rotatable bonds is 6. The van der Waals surface area contributed by atoms with Crippen LogP contribution in [0.25, 0.3) is 0 Å². The summed E-state index contributed by atoms with van der Waals surface area (Å²) in [5, 5.41) is 9.52. The minimum absolute atomic E-state index is 0.0222. The molecule has 0 amide bonds. The van der Waals surface area contributed by atoms with Crippen molar-refractivity contribution in [3.63, 3.8) is 0 Å². The van der Waals surface area contributed by atoms with Crippen molar-refractivity contribution in [1.82, 2.24) is 4.72 Å². The fourth-order valence-corrected chi connectivity index (χ4v) is 4.88. The van der Waals surface area contributed by atoms with Crippen LogP contribution >= 0.6 is 0 Å². The van der Waals surface area contributed by atoms with E-state index in [0.29, 0.717) is 0 Å². The quantitative estimate of drug-likeness (QED) is 0.847. The SMILES string of the molecule is CC(CS(=O)(=O)NC1CCCC1(C)CO)c1ccccc1. The third kappa shape index (κ3) is 4.05. The largest absolute Gasteiger partial charge is 0.396 e. The van der Waals surface area contributed by atoms with E-state index in [9.17, 15) is 13.5 Å². The number of sulfonamides is 1.